The smallest absolute Gasteiger partial charge is 0.254 e. The Morgan fingerprint density at radius 3 is 2.45 bits per heavy atom. The zero-order valence-electron chi connectivity index (χ0n) is 26.6. The van der Waals surface area contributed by atoms with Crippen molar-refractivity contribution in [3.63, 3.8) is 0 Å². The highest BCUT2D eigenvalue weighted by molar-refractivity contribution is 6.30. The summed E-state index contributed by atoms with van der Waals surface area (Å²) in [6, 6.07) is 17.1. The van der Waals surface area contributed by atoms with Crippen LogP contribution in [0.2, 0.25) is 5.02 Å². The van der Waals surface area contributed by atoms with E-state index in [4.69, 9.17) is 21.1 Å². The second kappa shape index (κ2) is 14.8. The molecule has 0 spiro atoms. The van der Waals surface area contributed by atoms with Gasteiger partial charge < -0.3 is 24.3 Å². The monoisotopic (exact) mass is 659 g/mol. The summed E-state index contributed by atoms with van der Waals surface area (Å²) in [4.78, 5) is 28.5. The van der Waals surface area contributed by atoms with Crippen LogP contribution in [0, 0.1) is 5.82 Å². The third-order valence-electron chi connectivity index (χ3n) is 8.91. The van der Waals surface area contributed by atoms with E-state index in [-0.39, 0.29) is 35.4 Å². The molecule has 0 saturated carbocycles. The molecule has 4 heterocycles. The molecule has 2 aliphatic heterocycles. The summed E-state index contributed by atoms with van der Waals surface area (Å²) < 4.78 is 28.8. The van der Waals surface area contributed by atoms with Crippen molar-refractivity contribution in [2.45, 2.75) is 64.1 Å². The average molecular weight is 660 g/mol. The van der Waals surface area contributed by atoms with Crippen LogP contribution in [0.3, 0.4) is 0 Å². The van der Waals surface area contributed by atoms with Gasteiger partial charge in [0.15, 0.2) is 0 Å². The number of ether oxygens (including phenoxy) is 2. The van der Waals surface area contributed by atoms with E-state index in [0.717, 1.165) is 68.9 Å². The molecule has 2 aromatic carbocycles. The Balaban J connectivity index is 1.22. The molecule has 0 unspecified atom stereocenters. The molecule has 47 heavy (non-hydrogen) atoms. The van der Waals surface area contributed by atoms with E-state index >= 15 is 4.39 Å². The van der Waals surface area contributed by atoms with Crippen molar-refractivity contribution in [1.82, 2.24) is 25.0 Å². The number of amides is 1. The highest BCUT2D eigenvalue weighted by atomic mass is 35.5. The second-order valence-electron chi connectivity index (χ2n) is 12.5. The van der Waals surface area contributed by atoms with Crippen molar-refractivity contribution in [2.24, 2.45) is 0 Å². The fourth-order valence-electron chi connectivity index (χ4n) is 6.14. The van der Waals surface area contributed by atoms with Crippen LogP contribution in [-0.2, 0) is 11.3 Å². The highest BCUT2D eigenvalue weighted by Crippen LogP contribution is 2.31. The molecule has 1 N–H and O–H groups in total. The predicted octanol–water partition coefficient (Wildman–Crippen LogP) is 6.44. The van der Waals surface area contributed by atoms with E-state index in [1.807, 2.05) is 24.3 Å². The van der Waals surface area contributed by atoms with Crippen molar-refractivity contribution in [1.29, 1.82) is 0 Å². The number of nitrogens with one attached hydrogen (secondary N) is 1. The summed E-state index contributed by atoms with van der Waals surface area (Å²) in [6.45, 7) is 7.46. The molecule has 9 nitrogen and oxygen atoms in total. The van der Waals surface area contributed by atoms with Gasteiger partial charge in [-0.15, -0.1) is 0 Å². The molecule has 1 amide bonds. The number of piperidine rings is 1. The number of pyridine rings is 1. The number of rotatable bonds is 9. The van der Waals surface area contributed by atoms with Crippen molar-refractivity contribution in [3.8, 4) is 22.8 Å². The maximum atomic E-state index is 15.6. The average Bonchev–Trinajstić information content (AvgIpc) is 3.08. The van der Waals surface area contributed by atoms with E-state index in [2.05, 4.69) is 34.3 Å². The van der Waals surface area contributed by atoms with Crippen molar-refractivity contribution in [2.75, 3.05) is 26.3 Å². The Bertz CT molecular complexity index is 1750. The van der Waals surface area contributed by atoms with Gasteiger partial charge in [-0.2, -0.15) is 10.2 Å². The molecule has 0 bridgehead atoms. The molecule has 6 rings (SSSR count). The number of hydrogen-bond acceptors (Lipinski definition) is 7. The van der Waals surface area contributed by atoms with Crippen molar-refractivity contribution >= 4 is 17.5 Å². The summed E-state index contributed by atoms with van der Waals surface area (Å²) in [7, 11) is 0. The molecular weight excluding hydrogens is 621 g/mol. The quantitative estimate of drug-likeness (QED) is 0.221. The lowest BCUT2D eigenvalue weighted by Gasteiger charge is -2.39. The Morgan fingerprint density at radius 2 is 1.77 bits per heavy atom. The predicted molar refractivity (Wildman–Crippen MR) is 179 cm³/mol. The first-order chi connectivity index (χ1) is 22.7. The van der Waals surface area contributed by atoms with Gasteiger partial charge in [0.25, 0.3) is 11.5 Å². The van der Waals surface area contributed by atoms with Gasteiger partial charge in [0.2, 0.25) is 0 Å². The SMILES string of the molecule is CC(C)c1ccc(-c2ccc(Oc3cc(C(=O)NC4CCN(C5CCOCC5)CC4)c(F)cc3Cn3cc(Cl)ccc3=O)cc2)nn1. The molecule has 11 heteroatoms. The number of aromatic nitrogens is 3. The third-order valence-corrected chi connectivity index (χ3v) is 9.13. The van der Waals surface area contributed by atoms with Gasteiger partial charge in [0, 0.05) is 61.8 Å². The molecule has 2 fully saturated rings. The fraction of sp³-hybridized carbons (Fsp3) is 0.389. The molecule has 2 aromatic heterocycles. The Labute approximate surface area is 278 Å². The number of nitrogens with zero attached hydrogens (tertiary/aromatic N) is 4. The molecule has 0 aliphatic carbocycles. The lowest BCUT2D eigenvalue weighted by atomic mass is 9.99. The minimum Gasteiger partial charge on any atom is -0.457 e. The molecule has 2 aliphatic rings. The van der Waals surface area contributed by atoms with E-state index in [1.165, 1.54) is 35.0 Å². The van der Waals surface area contributed by atoms with Crippen LogP contribution in [0.1, 0.15) is 67.1 Å². The first-order valence-corrected chi connectivity index (χ1v) is 16.5. The van der Waals surface area contributed by atoms with E-state index in [0.29, 0.717) is 22.4 Å². The normalized spacial score (nSPS) is 16.4. The van der Waals surface area contributed by atoms with Gasteiger partial charge in [0.1, 0.15) is 17.3 Å². The number of carbonyl (C=O) groups is 1. The zero-order valence-corrected chi connectivity index (χ0v) is 27.4. The molecule has 246 valence electrons. The van der Waals surface area contributed by atoms with Gasteiger partial charge in [-0.25, -0.2) is 4.39 Å². The lowest BCUT2D eigenvalue weighted by Crippen LogP contribution is -2.49. The van der Waals surface area contributed by atoms with Crippen molar-refractivity contribution < 1.29 is 18.7 Å². The summed E-state index contributed by atoms with van der Waals surface area (Å²) in [6.07, 6.45) is 5.13. The standard InChI is InChI=1S/C36H39ClFN5O4/c1-23(2)32-8-9-33(41-40-32)24-3-6-29(7-4-24)47-34-20-30(31(38)19-25(34)21-43-22-26(37)5-10-35(43)44)36(45)39-27-11-15-42(16-12-27)28-13-17-46-18-14-28/h3-10,19-20,22-23,27-28H,11-18,21H2,1-2H3,(H,39,45). The number of likely N-dealkylation sites (tertiary alicyclic amines) is 1. The Kier molecular flexibility index (Phi) is 10.3. The number of benzene rings is 2. The van der Waals surface area contributed by atoms with E-state index < -0.39 is 11.7 Å². The maximum Gasteiger partial charge on any atom is 0.254 e. The van der Waals surface area contributed by atoms with Crippen LogP contribution in [-0.4, -0.2) is 64.0 Å². The topological polar surface area (TPSA) is 98.6 Å². The van der Waals surface area contributed by atoms with E-state index in [9.17, 15) is 9.59 Å². The zero-order chi connectivity index (χ0) is 32.9. The minimum absolute atomic E-state index is 0.00587. The maximum absolute atomic E-state index is 15.6. The van der Waals surface area contributed by atoms with Gasteiger partial charge in [-0.05, 0) is 86.2 Å². The summed E-state index contributed by atoms with van der Waals surface area (Å²) in [5, 5.41) is 12.1. The Hall–Kier alpha value is -4.12. The van der Waals surface area contributed by atoms with E-state index in [1.54, 1.807) is 12.1 Å². The van der Waals surface area contributed by atoms with Crippen LogP contribution in [0.15, 0.2) is 71.7 Å². The van der Waals surface area contributed by atoms with Crippen LogP contribution < -0.4 is 15.6 Å². The van der Waals surface area contributed by atoms with Gasteiger partial charge in [-0.1, -0.05) is 25.4 Å². The Morgan fingerprint density at radius 1 is 1.02 bits per heavy atom. The third kappa shape index (κ3) is 8.06. The summed E-state index contributed by atoms with van der Waals surface area (Å²) in [5.74, 6) is -0.187. The van der Waals surface area contributed by atoms with Crippen LogP contribution >= 0.6 is 11.6 Å². The lowest BCUT2D eigenvalue weighted by molar-refractivity contribution is 0.0238. The molecular formula is C36H39ClFN5O4. The van der Waals surface area contributed by atoms with Crippen LogP contribution in [0.4, 0.5) is 4.39 Å². The highest BCUT2D eigenvalue weighted by Gasteiger charge is 2.28. The molecule has 2 saturated heterocycles. The summed E-state index contributed by atoms with van der Waals surface area (Å²) >= 11 is 6.15. The fourth-order valence-corrected chi connectivity index (χ4v) is 6.32. The summed E-state index contributed by atoms with van der Waals surface area (Å²) in [5.41, 5.74) is 2.45. The number of hydrogen-bond donors (Lipinski definition) is 1. The first kappa shape index (κ1) is 32.8. The van der Waals surface area contributed by atoms with Gasteiger partial charge in [-0.3, -0.25) is 9.59 Å². The minimum atomic E-state index is -0.696. The van der Waals surface area contributed by atoms with Crippen LogP contribution in [0.25, 0.3) is 11.3 Å². The molecule has 0 atom stereocenters. The largest absolute Gasteiger partial charge is 0.457 e. The van der Waals surface area contributed by atoms with Gasteiger partial charge in [0.05, 0.1) is 28.5 Å². The van der Waals surface area contributed by atoms with Crippen LogP contribution in [0.5, 0.6) is 11.5 Å². The number of carbonyl (C=O) groups excluding carboxylic acids is 1. The number of halogens is 2. The van der Waals surface area contributed by atoms with Crippen molar-refractivity contribution in [3.05, 3.63) is 105 Å². The molecule has 0 radical (unpaired) electrons. The first-order valence-electron chi connectivity index (χ1n) is 16.2. The second-order valence-corrected chi connectivity index (χ2v) is 12.9. The molecule has 4 aromatic rings. The van der Waals surface area contributed by atoms with Gasteiger partial charge >= 0.3 is 0 Å².